The van der Waals surface area contributed by atoms with E-state index in [2.05, 4.69) is 9.88 Å². The van der Waals surface area contributed by atoms with Crippen molar-refractivity contribution in [2.24, 2.45) is 0 Å². The smallest absolute Gasteiger partial charge is 0.222 e. The predicted molar refractivity (Wildman–Crippen MR) is 72.5 cm³/mol. The number of piperidine rings is 1. The quantitative estimate of drug-likeness (QED) is 0.818. The van der Waals surface area contributed by atoms with E-state index >= 15 is 0 Å². The lowest BCUT2D eigenvalue weighted by Crippen LogP contribution is -2.48. The van der Waals surface area contributed by atoms with Gasteiger partial charge in [-0.1, -0.05) is 13.0 Å². The van der Waals surface area contributed by atoms with Crippen LogP contribution < -0.4 is 4.90 Å². The van der Waals surface area contributed by atoms with E-state index < -0.39 is 0 Å². The standard InChI is InChI=1S/C14H21N3O/c1-3-14(18)16(2)12-7-6-10-17(11-12)13-8-4-5-9-15-13/h4-5,8-9,12H,3,6-7,10-11H2,1-2H3/t12-/m0/s1. The normalized spacial score (nSPS) is 19.7. The Balaban J connectivity index is 2.03. The molecule has 1 aliphatic heterocycles. The number of aromatic nitrogens is 1. The first-order valence-corrected chi connectivity index (χ1v) is 6.64. The average Bonchev–Trinajstić information content (AvgIpc) is 2.46. The van der Waals surface area contributed by atoms with Crippen molar-refractivity contribution in [3.05, 3.63) is 24.4 Å². The highest BCUT2D eigenvalue weighted by molar-refractivity contribution is 5.75. The van der Waals surface area contributed by atoms with Crippen molar-refractivity contribution in [3.63, 3.8) is 0 Å². The molecule has 1 amide bonds. The van der Waals surface area contributed by atoms with Gasteiger partial charge in [0.15, 0.2) is 0 Å². The van der Waals surface area contributed by atoms with Gasteiger partial charge in [-0.3, -0.25) is 4.79 Å². The molecule has 1 atom stereocenters. The van der Waals surface area contributed by atoms with Crippen molar-refractivity contribution in [3.8, 4) is 0 Å². The van der Waals surface area contributed by atoms with Gasteiger partial charge in [-0.2, -0.15) is 0 Å². The molecule has 4 heteroatoms. The molecule has 0 spiro atoms. The SMILES string of the molecule is CCC(=O)N(C)[C@H]1CCCN(c2ccccn2)C1. The van der Waals surface area contributed by atoms with E-state index in [1.54, 1.807) is 0 Å². The highest BCUT2D eigenvalue weighted by Gasteiger charge is 2.25. The number of likely N-dealkylation sites (N-methyl/N-ethyl adjacent to an activating group) is 1. The van der Waals surface area contributed by atoms with E-state index in [1.165, 1.54) is 0 Å². The topological polar surface area (TPSA) is 36.4 Å². The van der Waals surface area contributed by atoms with Crippen molar-refractivity contribution in [2.45, 2.75) is 32.2 Å². The van der Waals surface area contributed by atoms with Crippen molar-refractivity contribution in [2.75, 3.05) is 25.0 Å². The molecule has 0 N–H and O–H groups in total. The molecule has 0 aromatic carbocycles. The Hall–Kier alpha value is -1.58. The Labute approximate surface area is 109 Å². The van der Waals surface area contributed by atoms with Crippen LogP contribution in [0, 0.1) is 0 Å². The molecule has 98 valence electrons. The highest BCUT2D eigenvalue weighted by Crippen LogP contribution is 2.20. The summed E-state index contributed by atoms with van der Waals surface area (Å²) in [5, 5.41) is 0. The van der Waals surface area contributed by atoms with E-state index in [-0.39, 0.29) is 5.91 Å². The van der Waals surface area contributed by atoms with Crippen LogP contribution in [0.5, 0.6) is 0 Å². The first kappa shape index (κ1) is 12.9. The Bertz CT molecular complexity index is 393. The number of hydrogen-bond donors (Lipinski definition) is 0. The monoisotopic (exact) mass is 247 g/mol. The molecule has 0 saturated carbocycles. The number of pyridine rings is 1. The third kappa shape index (κ3) is 2.81. The summed E-state index contributed by atoms with van der Waals surface area (Å²) in [7, 11) is 1.92. The average molecular weight is 247 g/mol. The van der Waals surface area contributed by atoms with E-state index in [1.807, 2.05) is 43.3 Å². The molecule has 0 unspecified atom stereocenters. The van der Waals surface area contributed by atoms with Gasteiger partial charge < -0.3 is 9.80 Å². The first-order valence-electron chi connectivity index (χ1n) is 6.64. The van der Waals surface area contributed by atoms with Crippen LogP contribution in [-0.4, -0.2) is 42.0 Å². The third-order valence-electron chi connectivity index (χ3n) is 3.61. The Morgan fingerprint density at radius 1 is 1.56 bits per heavy atom. The van der Waals surface area contributed by atoms with Crippen molar-refractivity contribution in [1.82, 2.24) is 9.88 Å². The molecule has 1 fully saturated rings. The van der Waals surface area contributed by atoms with Gasteiger partial charge >= 0.3 is 0 Å². The second-order valence-electron chi connectivity index (χ2n) is 4.79. The number of nitrogens with zero attached hydrogens (tertiary/aromatic N) is 3. The molecule has 1 aromatic heterocycles. The Kier molecular flexibility index (Phi) is 4.18. The van der Waals surface area contributed by atoms with Crippen LogP contribution in [-0.2, 0) is 4.79 Å². The van der Waals surface area contributed by atoms with E-state index in [4.69, 9.17) is 0 Å². The molecule has 1 saturated heterocycles. The number of anilines is 1. The molecule has 4 nitrogen and oxygen atoms in total. The number of amides is 1. The van der Waals surface area contributed by atoms with Crippen LogP contribution in [0.1, 0.15) is 26.2 Å². The molecule has 18 heavy (non-hydrogen) atoms. The van der Waals surface area contributed by atoms with Crippen LogP contribution >= 0.6 is 0 Å². The lowest BCUT2D eigenvalue weighted by molar-refractivity contribution is -0.131. The van der Waals surface area contributed by atoms with Crippen LogP contribution in [0.15, 0.2) is 24.4 Å². The van der Waals surface area contributed by atoms with Gasteiger partial charge in [0.25, 0.3) is 0 Å². The lowest BCUT2D eigenvalue weighted by Gasteiger charge is -2.38. The van der Waals surface area contributed by atoms with E-state index in [0.29, 0.717) is 12.5 Å². The molecule has 2 rings (SSSR count). The Morgan fingerprint density at radius 3 is 3.06 bits per heavy atom. The van der Waals surface area contributed by atoms with Crippen LogP contribution in [0.4, 0.5) is 5.82 Å². The minimum absolute atomic E-state index is 0.225. The maximum Gasteiger partial charge on any atom is 0.222 e. The van der Waals surface area contributed by atoms with Gasteiger partial charge in [-0.05, 0) is 25.0 Å². The summed E-state index contributed by atoms with van der Waals surface area (Å²) in [6, 6.07) is 6.28. The van der Waals surface area contributed by atoms with E-state index in [0.717, 1.165) is 31.7 Å². The molecular formula is C14H21N3O. The van der Waals surface area contributed by atoms with Crippen molar-refractivity contribution >= 4 is 11.7 Å². The summed E-state index contributed by atoms with van der Waals surface area (Å²) in [6.45, 7) is 3.83. The lowest BCUT2D eigenvalue weighted by atomic mass is 10.0. The van der Waals surface area contributed by atoms with Gasteiger partial charge in [-0.25, -0.2) is 4.98 Å². The molecular weight excluding hydrogens is 226 g/mol. The molecule has 0 bridgehead atoms. The van der Waals surface area contributed by atoms with Crippen molar-refractivity contribution < 1.29 is 4.79 Å². The van der Waals surface area contributed by atoms with Gasteiger partial charge in [0.1, 0.15) is 5.82 Å². The second kappa shape index (κ2) is 5.85. The predicted octanol–water partition coefficient (Wildman–Crippen LogP) is 1.92. The van der Waals surface area contributed by atoms with E-state index in [9.17, 15) is 4.79 Å². The van der Waals surface area contributed by atoms with Gasteiger partial charge in [0, 0.05) is 38.8 Å². The van der Waals surface area contributed by atoms with Gasteiger partial charge in [-0.15, -0.1) is 0 Å². The fourth-order valence-corrected chi connectivity index (χ4v) is 2.47. The highest BCUT2D eigenvalue weighted by atomic mass is 16.2. The molecule has 1 aliphatic rings. The number of rotatable bonds is 3. The molecule has 0 radical (unpaired) electrons. The number of hydrogen-bond acceptors (Lipinski definition) is 3. The number of carbonyl (C=O) groups is 1. The first-order chi connectivity index (χ1) is 8.72. The van der Waals surface area contributed by atoms with Crippen LogP contribution in [0.3, 0.4) is 0 Å². The summed E-state index contributed by atoms with van der Waals surface area (Å²) in [5.41, 5.74) is 0. The van der Waals surface area contributed by atoms with Crippen LogP contribution in [0.2, 0.25) is 0 Å². The second-order valence-corrected chi connectivity index (χ2v) is 4.79. The summed E-state index contributed by atoms with van der Waals surface area (Å²) >= 11 is 0. The summed E-state index contributed by atoms with van der Waals surface area (Å²) < 4.78 is 0. The largest absolute Gasteiger partial charge is 0.355 e. The van der Waals surface area contributed by atoms with Gasteiger partial charge in [0.2, 0.25) is 5.91 Å². The molecule has 1 aromatic rings. The fourth-order valence-electron chi connectivity index (χ4n) is 2.47. The maximum atomic E-state index is 11.7. The van der Waals surface area contributed by atoms with Gasteiger partial charge in [0.05, 0.1) is 0 Å². The minimum Gasteiger partial charge on any atom is -0.355 e. The van der Waals surface area contributed by atoms with Crippen LogP contribution in [0.25, 0.3) is 0 Å². The fraction of sp³-hybridized carbons (Fsp3) is 0.571. The van der Waals surface area contributed by atoms with Crippen molar-refractivity contribution in [1.29, 1.82) is 0 Å². The summed E-state index contributed by atoms with van der Waals surface area (Å²) in [4.78, 5) is 20.3. The zero-order valence-corrected chi connectivity index (χ0v) is 11.2. The summed E-state index contributed by atoms with van der Waals surface area (Å²) in [6.07, 6.45) is 4.60. The minimum atomic E-state index is 0.225. The number of carbonyl (C=O) groups excluding carboxylic acids is 1. The molecule has 0 aliphatic carbocycles. The zero-order chi connectivity index (χ0) is 13.0. The Morgan fingerprint density at radius 2 is 2.39 bits per heavy atom. The third-order valence-corrected chi connectivity index (χ3v) is 3.61. The summed E-state index contributed by atoms with van der Waals surface area (Å²) in [5.74, 6) is 1.24. The maximum absolute atomic E-state index is 11.7. The molecule has 2 heterocycles. The zero-order valence-electron chi connectivity index (χ0n) is 11.2.